The third-order valence-corrected chi connectivity index (χ3v) is 6.58. The number of fused-ring (bicyclic) bond motifs is 6. The largest absolute Gasteiger partial charge is 0.310 e. The van der Waals surface area contributed by atoms with E-state index >= 15 is 0 Å². The molecule has 4 aliphatic heterocycles. The van der Waals surface area contributed by atoms with Gasteiger partial charge in [-0.3, -0.25) is 9.80 Å². The molecule has 1 spiro atoms. The Kier molecular flexibility index (Phi) is 3.58. The first-order chi connectivity index (χ1) is 15.0. The highest BCUT2D eigenvalue weighted by Gasteiger charge is 2.64. The van der Waals surface area contributed by atoms with Crippen LogP contribution in [0.3, 0.4) is 0 Å². The van der Waals surface area contributed by atoms with Crippen LogP contribution in [0, 0.1) is 20.8 Å². The molecule has 0 radical (unpaired) electrons. The third kappa shape index (κ3) is 2.23. The second kappa shape index (κ2) is 6.14. The number of amidine groups is 1. The molecule has 2 aromatic carbocycles. The minimum atomic E-state index is -1.04. The predicted molar refractivity (Wildman–Crippen MR) is 124 cm³/mol. The first-order valence-corrected chi connectivity index (χ1v) is 10.5. The molecular formula is C26H22N4O. The van der Waals surface area contributed by atoms with Crippen molar-refractivity contribution in [3.63, 3.8) is 0 Å². The second-order valence-electron chi connectivity index (χ2n) is 8.54. The van der Waals surface area contributed by atoms with Crippen molar-refractivity contribution in [1.82, 2.24) is 4.90 Å². The molecule has 4 heterocycles. The molecule has 0 N–H and O–H groups in total. The normalized spacial score (nSPS) is 25.0. The fraction of sp³-hybridized carbons (Fsp3) is 0.192. The first kappa shape index (κ1) is 18.1. The van der Waals surface area contributed by atoms with Crippen molar-refractivity contribution < 1.29 is 4.79 Å². The van der Waals surface area contributed by atoms with Gasteiger partial charge in [0.05, 0.1) is 5.69 Å². The van der Waals surface area contributed by atoms with Crippen molar-refractivity contribution in [3.05, 3.63) is 94.7 Å². The second-order valence-corrected chi connectivity index (χ2v) is 8.54. The van der Waals surface area contributed by atoms with E-state index in [0.717, 1.165) is 33.7 Å². The molecule has 1 amide bonds. The summed E-state index contributed by atoms with van der Waals surface area (Å²) in [5.41, 5.74) is 6.28. The van der Waals surface area contributed by atoms with Gasteiger partial charge >= 0.3 is 0 Å². The third-order valence-electron chi connectivity index (χ3n) is 6.58. The summed E-state index contributed by atoms with van der Waals surface area (Å²) in [5, 5.41) is 7.16. The lowest BCUT2D eigenvalue weighted by Crippen LogP contribution is -2.63. The average Bonchev–Trinajstić information content (AvgIpc) is 3.24. The topological polar surface area (TPSA) is 48.3 Å². The molecule has 4 aliphatic rings. The van der Waals surface area contributed by atoms with Gasteiger partial charge < -0.3 is 4.90 Å². The van der Waals surface area contributed by atoms with E-state index in [0.29, 0.717) is 5.84 Å². The first-order valence-electron chi connectivity index (χ1n) is 10.5. The molecule has 2 unspecified atom stereocenters. The molecule has 0 aromatic heterocycles. The van der Waals surface area contributed by atoms with Crippen molar-refractivity contribution in [2.45, 2.75) is 32.4 Å². The number of para-hydroxylation sites is 1. The lowest BCUT2D eigenvalue weighted by molar-refractivity contribution is -0.122. The zero-order valence-electron chi connectivity index (χ0n) is 17.7. The number of amides is 1. The number of aryl methyl sites for hydroxylation is 3. The Morgan fingerprint density at radius 1 is 1.00 bits per heavy atom. The van der Waals surface area contributed by atoms with Crippen LogP contribution in [0.1, 0.15) is 27.8 Å². The summed E-state index contributed by atoms with van der Waals surface area (Å²) in [6, 6.07) is 12.2. The summed E-state index contributed by atoms with van der Waals surface area (Å²) in [7, 11) is 0. The van der Waals surface area contributed by atoms with Gasteiger partial charge in [0.2, 0.25) is 0 Å². The van der Waals surface area contributed by atoms with Crippen LogP contribution in [-0.2, 0) is 4.79 Å². The van der Waals surface area contributed by atoms with Gasteiger partial charge in [0.1, 0.15) is 17.6 Å². The van der Waals surface area contributed by atoms with Gasteiger partial charge in [0.25, 0.3) is 5.91 Å². The zero-order valence-corrected chi connectivity index (χ0v) is 17.7. The van der Waals surface area contributed by atoms with E-state index in [9.17, 15) is 4.79 Å². The van der Waals surface area contributed by atoms with Crippen molar-refractivity contribution in [3.8, 4) is 0 Å². The molecule has 2 aromatic rings. The van der Waals surface area contributed by atoms with Crippen LogP contribution in [0.4, 0.5) is 5.69 Å². The lowest BCUT2D eigenvalue weighted by atomic mass is 9.77. The van der Waals surface area contributed by atoms with Gasteiger partial charge in [-0.15, -0.1) is 0 Å². The molecule has 0 aliphatic carbocycles. The number of aliphatic imine (C=N–C) groups is 1. The van der Waals surface area contributed by atoms with Crippen LogP contribution in [0.5, 0.6) is 0 Å². The summed E-state index contributed by atoms with van der Waals surface area (Å²) in [4.78, 5) is 20.2. The molecule has 5 heteroatoms. The summed E-state index contributed by atoms with van der Waals surface area (Å²) in [6.07, 6.45) is 11.9. The highest BCUT2D eigenvalue weighted by Crippen LogP contribution is 2.46. The molecule has 152 valence electrons. The molecule has 5 nitrogen and oxygen atoms in total. The maximum Gasteiger partial charge on any atom is 0.282 e. The van der Waals surface area contributed by atoms with E-state index in [1.807, 2.05) is 46.5 Å². The number of nitrogens with zero attached hydrogens (tertiary/aromatic N) is 4. The summed E-state index contributed by atoms with van der Waals surface area (Å²) < 4.78 is 0. The average molecular weight is 406 g/mol. The Morgan fingerprint density at radius 3 is 2.58 bits per heavy atom. The summed E-state index contributed by atoms with van der Waals surface area (Å²) in [6.45, 7) is 6.29. The number of anilines is 1. The Hall–Kier alpha value is -3.73. The highest BCUT2D eigenvalue weighted by atomic mass is 16.2. The van der Waals surface area contributed by atoms with Crippen molar-refractivity contribution >= 4 is 29.2 Å². The fourth-order valence-electron chi connectivity index (χ4n) is 5.41. The number of hydrogen-bond acceptors (Lipinski definition) is 4. The number of benzene rings is 2. The molecule has 0 saturated heterocycles. The summed E-state index contributed by atoms with van der Waals surface area (Å²) >= 11 is 0. The van der Waals surface area contributed by atoms with Gasteiger partial charge in [-0.05, 0) is 55.7 Å². The van der Waals surface area contributed by atoms with Crippen LogP contribution in [0.25, 0.3) is 6.08 Å². The summed E-state index contributed by atoms with van der Waals surface area (Å²) in [5.74, 6) is 0.491. The number of hydrazone groups is 1. The monoisotopic (exact) mass is 406 g/mol. The smallest absolute Gasteiger partial charge is 0.282 e. The molecule has 2 atom stereocenters. The Bertz CT molecular complexity index is 1290. The Labute approximate surface area is 181 Å². The Balaban J connectivity index is 1.66. The molecule has 6 rings (SSSR count). The number of rotatable bonds is 1. The quantitative estimate of drug-likeness (QED) is 0.710. The molecular weight excluding hydrogens is 384 g/mol. The van der Waals surface area contributed by atoms with Crippen LogP contribution < -0.4 is 5.01 Å². The van der Waals surface area contributed by atoms with E-state index < -0.39 is 5.54 Å². The van der Waals surface area contributed by atoms with E-state index in [-0.39, 0.29) is 11.9 Å². The van der Waals surface area contributed by atoms with E-state index in [2.05, 4.69) is 62.2 Å². The minimum Gasteiger partial charge on any atom is -0.310 e. The molecule has 0 fully saturated rings. The van der Waals surface area contributed by atoms with Crippen molar-refractivity contribution in [2.75, 3.05) is 5.01 Å². The highest BCUT2D eigenvalue weighted by molar-refractivity contribution is 6.31. The fourth-order valence-corrected chi connectivity index (χ4v) is 5.41. The zero-order chi connectivity index (χ0) is 21.3. The van der Waals surface area contributed by atoms with Crippen LogP contribution in [0.15, 0.2) is 77.0 Å². The molecule has 31 heavy (non-hydrogen) atoms. The maximum atomic E-state index is 13.8. The van der Waals surface area contributed by atoms with Gasteiger partial charge in [-0.25, -0.2) is 0 Å². The van der Waals surface area contributed by atoms with Gasteiger partial charge in [0.15, 0.2) is 5.54 Å². The number of hydrogen-bond donors (Lipinski definition) is 0. The van der Waals surface area contributed by atoms with Gasteiger partial charge in [-0.2, -0.15) is 10.1 Å². The van der Waals surface area contributed by atoms with Gasteiger partial charge in [0, 0.05) is 11.8 Å². The van der Waals surface area contributed by atoms with Crippen LogP contribution in [-0.4, -0.2) is 33.9 Å². The van der Waals surface area contributed by atoms with E-state index in [1.54, 1.807) is 0 Å². The van der Waals surface area contributed by atoms with Gasteiger partial charge in [-0.1, -0.05) is 54.1 Å². The molecule has 0 bridgehead atoms. The SMILES string of the molecule is Cc1cc(C)c(C2=NN3c4ccccc4C=CC3C23C(=O)N=C2C=CC=CN23)c(C)c1. The minimum absolute atomic E-state index is 0.173. The van der Waals surface area contributed by atoms with E-state index in [4.69, 9.17) is 5.10 Å². The molecule has 0 saturated carbocycles. The van der Waals surface area contributed by atoms with E-state index in [1.165, 1.54) is 5.56 Å². The number of allylic oxidation sites excluding steroid dienone is 2. The number of carbonyl (C=O) groups is 1. The standard InChI is InChI=1S/C26H22N4O/c1-16-14-17(2)23(18(3)15-16)24-26(25(31)27-22-10-6-7-13-29(22)26)21-12-11-19-8-4-5-9-20(19)30(21)28-24/h4-15,21H,1-3H3. The Morgan fingerprint density at radius 2 is 1.77 bits per heavy atom. The van der Waals surface area contributed by atoms with Crippen LogP contribution in [0.2, 0.25) is 0 Å². The predicted octanol–water partition coefficient (Wildman–Crippen LogP) is 4.29. The van der Waals surface area contributed by atoms with Crippen molar-refractivity contribution in [1.29, 1.82) is 0 Å². The lowest BCUT2D eigenvalue weighted by Gasteiger charge is -2.40. The maximum absolute atomic E-state index is 13.8. The van der Waals surface area contributed by atoms with Crippen LogP contribution >= 0.6 is 0 Å². The number of carbonyl (C=O) groups excluding carboxylic acids is 1. The van der Waals surface area contributed by atoms with Crippen molar-refractivity contribution in [2.24, 2.45) is 10.1 Å².